The fourth-order valence-corrected chi connectivity index (χ4v) is 6.44. The molecule has 0 radical (unpaired) electrons. The Balaban J connectivity index is -0.000000874. The summed E-state index contributed by atoms with van der Waals surface area (Å²) in [5.74, 6) is -5.53. The Morgan fingerprint density at radius 1 is 0.608 bits per heavy atom. The molecule has 1 atom stereocenters. The number of halogens is 5. The summed E-state index contributed by atoms with van der Waals surface area (Å²) in [5.41, 5.74) is 1.17. The molecule has 4 aromatic rings. The number of carbonyl (C=O) groups excluding carboxylic acids is 4. The number of hydrogen-bond donors (Lipinski definition) is 0. The number of benzene rings is 4. The van der Waals surface area contributed by atoms with Gasteiger partial charge in [-0.2, -0.15) is 19.8 Å². The van der Waals surface area contributed by atoms with Crippen LogP contribution in [0.4, 0.5) is 22.0 Å². The van der Waals surface area contributed by atoms with Gasteiger partial charge in [-0.15, -0.1) is 0 Å². The first-order valence-corrected chi connectivity index (χ1v) is 25.4. The van der Waals surface area contributed by atoms with E-state index in [1.807, 2.05) is 39.8 Å². The molecule has 4 amide bonds. The summed E-state index contributed by atoms with van der Waals surface area (Å²) in [7, 11) is -4.80. The van der Waals surface area contributed by atoms with Gasteiger partial charge < -0.3 is 23.5 Å². The maximum Gasteiger partial charge on any atom is 1.00 e. The van der Waals surface area contributed by atoms with E-state index >= 15 is 0 Å². The summed E-state index contributed by atoms with van der Waals surface area (Å²) in [6.07, 6.45) is -0.289. The van der Waals surface area contributed by atoms with E-state index < -0.39 is 80.1 Å². The van der Waals surface area contributed by atoms with Gasteiger partial charge in [0.25, 0.3) is 23.6 Å². The number of rotatable bonds is 12. The maximum absolute atomic E-state index is 13.4. The first kappa shape index (κ1) is 77.6. The molecule has 6 rings (SSSR count). The van der Waals surface area contributed by atoms with Gasteiger partial charge >= 0.3 is 29.6 Å². The molecule has 79 heavy (non-hydrogen) atoms. The molecule has 2 saturated heterocycles. The van der Waals surface area contributed by atoms with Crippen molar-refractivity contribution in [2.24, 2.45) is 0 Å². The van der Waals surface area contributed by atoms with Crippen molar-refractivity contribution >= 4 is 33.7 Å². The average molecular weight is 1150 g/mol. The Hall–Kier alpha value is -5.67. The molecule has 2 aliphatic heterocycles. The van der Waals surface area contributed by atoms with E-state index in [2.05, 4.69) is 25.1 Å². The number of hydroxylamine groups is 4. The molecule has 1 unspecified atom stereocenters. The molecule has 436 valence electrons. The minimum atomic E-state index is -4.80. The zero-order chi connectivity index (χ0) is 58.4. The molecule has 0 saturated carbocycles. The van der Waals surface area contributed by atoms with E-state index in [9.17, 15) is 54.1 Å². The first-order chi connectivity index (χ1) is 35.0. The van der Waals surface area contributed by atoms with Gasteiger partial charge in [-0.3, -0.25) is 28.9 Å². The first-order valence-electron chi connectivity index (χ1n) is 23.9. The summed E-state index contributed by atoms with van der Waals surface area (Å²) in [6, 6.07) is 21.2. The van der Waals surface area contributed by atoms with Crippen LogP contribution in [0.15, 0.2) is 72.8 Å². The van der Waals surface area contributed by atoms with Crippen LogP contribution in [0.5, 0.6) is 23.0 Å². The smallest absolute Gasteiger partial charge is 0.747 e. The molecule has 0 N–H and O–H groups in total. The number of imide groups is 2. The quantitative estimate of drug-likeness (QED) is 0.0426. The Morgan fingerprint density at radius 3 is 1.38 bits per heavy atom. The number of nitriles is 1. The molecule has 0 spiro atoms. The van der Waals surface area contributed by atoms with E-state index in [0.717, 1.165) is 40.8 Å². The third kappa shape index (κ3) is 30.5. The van der Waals surface area contributed by atoms with Crippen molar-refractivity contribution in [3.05, 3.63) is 119 Å². The van der Waals surface area contributed by atoms with Crippen LogP contribution in [0.25, 0.3) is 0 Å². The minimum Gasteiger partial charge on any atom is -0.747 e. The van der Waals surface area contributed by atoms with Crippen molar-refractivity contribution in [3.63, 3.8) is 0 Å². The Labute approximate surface area is 485 Å². The second kappa shape index (κ2) is 36.6. The zero-order valence-corrected chi connectivity index (χ0v) is 49.3. The molecule has 4 aromatic carbocycles. The van der Waals surface area contributed by atoms with E-state index in [4.69, 9.17) is 33.9 Å². The Kier molecular flexibility index (Phi) is 35.9. The van der Waals surface area contributed by atoms with Crippen molar-refractivity contribution < 1.29 is 112 Å². The van der Waals surface area contributed by atoms with Crippen LogP contribution in [0, 0.1) is 54.3 Å². The molecule has 0 aromatic heterocycles. The van der Waals surface area contributed by atoms with Gasteiger partial charge in [0.15, 0.2) is 17.4 Å². The summed E-state index contributed by atoms with van der Waals surface area (Å²) >= 11 is 0. The Bertz CT molecular complexity index is 2620. The third-order valence-corrected chi connectivity index (χ3v) is 9.78. The molecular weight excluding hydrogens is 1070 g/mol. The van der Waals surface area contributed by atoms with Crippen LogP contribution in [-0.4, -0.2) is 88.1 Å². The van der Waals surface area contributed by atoms with Crippen LogP contribution in [-0.2, 0) is 39.0 Å². The van der Waals surface area contributed by atoms with Crippen molar-refractivity contribution in [2.75, 3.05) is 0 Å². The molecule has 0 aliphatic carbocycles. The number of nitrogens with zero attached hydrogens (tertiary/aromatic N) is 3. The predicted molar refractivity (Wildman–Crippen MR) is 284 cm³/mol. The zero-order valence-electron chi connectivity index (χ0n) is 46.5. The van der Waals surface area contributed by atoms with Crippen LogP contribution in [0.2, 0.25) is 0 Å². The molecule has 2 aliphatic rings. The van der Waals surface area contributed by atoms with E-state index in [1.54, 1.807) is 86.6 Å². The summed E-state index contributed by atoms with van der Waals surface area (Å²) in [4.78, 5) is 54.0. The van der Waals surface area contributed by atoms with Crippen molar-refractivity contribution in [1.82, 2.24) is 10.1 Å². The molecule has 2 fully saturated rings. The minimum absolute atomic E-state index is 0. The monoisotopic (exact) mass is 1150 g/mol. The topological polar surface area (TPSA) is 211 Å². The van der Waals surface area contributed by atoms with E-state index in [0.29, 0.717) is 10.6 Å². The molecule has 2 heterocycles. The summed E-state index contributed by atoms with van der Waals surface area (Å²) < 4.78 is 118. The number of aryl methyl sites for hydroxylation is 2. The maximum atomic E-state index is 13.4. The van der Waals surface area contributed by atoms with Gasteiger partial charge in [0.1, 0.15) is 49.9 Å². The number of ether oxygens (including phenoxy) is 4. The fraction of sp³-hybridized carbons (Fsp3) is 0.482. The van der Waals surface area contributed by atoms with Crippen molar-refractivity contribution in [3.8, 4) is 29.1 Å². The average Bonchev–Trinajstić information content (AvgIpc) is 3.76. The molecule has 16 nitrogen and oxygen atoms in total. The second-order valence-electron chi connectivity index (χ2n) is 19.0. The fourth-order valence-electron chi connectivity index (χ4n) is 5.75. The van der Waals surface area contributed by atoms with Crippen LogP contribution in [0.3, 0.4) is 0 Å². The van der Waals surface area contributed by atoms with Gasteiger partial charge in [-0.1, -0.05) is 32.5 Å². The van der Waals surface area contributed by atoms with Crippen LogP contribution >= 0.6 is 0 Å². The molecule has 0 bridgehead atoms. The van der Waals surface area contributed by atoms with Crippen molar-refractivity contribution in [1.29, 1.82) is 5.26 Å². The number of hydrogen-bond acceptors (Lipinski definition) is 14. The molecular formula is C56H77F5N3NaO13S. The molecule has 23 heteroatoms. The van der Waals surface area contributed by atoms with Gasteiger partial charge in [0.05, 0.1) is 48.6 Å². The SMILES string of the molecule is C.C.CC(C)ON1C(=O)CC(S(=O)(=O)[O-])C1=O.CC(C)ON1C(=O)CCC1=O.CC(C)Oc1cc(F)cc(F)c1.CC(C)Oc1ccc(C#N)cc1.Cc1cc(F)c(F)c(OC(C)(C)C)c1F.Cc1ccc(OC(C)C)cc1.[Na+]. The van der Waals surface area contributed by atoms with E-state index in [-0.39, 0.29) is 105 Å². The largest absolute Gasteiger partial charge is 1.00 e. The van der Waals surface area contributed by atoms with Crippen LogP contribution in [0.1, 0.15) is 141 Å². The standard InChI is InChI=1S/C11H13F3O.C10H11NO.C10H14O.C9H10F2O.C7H11NO6S.C7H11NO3.2CH4.Na/c1-6-5-7(12)9(14)10(8(6)13)15-11(2,3)4;1-8(2)12-10-5-3-9(7-11)4-6-10;1-8(2)11-10-6-4-9(3)5-7-10;1-6(2)12-9-4-7(10)3-8(11)5-9;1-4(2)14-8-6(9)3-5(7(8)10)15(11,12)13;1-5(2)11-8-6(9)3-4-7(8)10;;;/h5H,1-4H3;3-6,8H,1-2H3;4-8H,1-3H3;3-6H,1-2H3;4-5H,3H2,1-2H3,(H,11,12,13);5H,3-4H2,1-2H3;2*1H4;/q;;;;;;;;+1/p-1. The van der Waals surface area contributed by atoms with Gasteiger partial charge in [0, 0.05) is 31.0 Å². The predicted octanol–water partition coefficient (Wildman–Crippen LogP) is 9.22. The van der Waals surface area contributed by atoms with Gasteiger partial charge in [-0.25, -0.2) is 26.0 Å². The normalized spacial score (nSPS) is 13.6. The second-order valence-corrected chi connectivity index (χ2v) is 20.6. The third-order valence-electron chi connectivity index (χ3n) is 8.71. The van der Waals surface area contributed by atoms with Crippen LogP contribution < -0.4 is 48.5 Å². The van der Waals surface area contributed by atoms with Crippen molar-refractivity contribution in [2.45, 2.75) is 179 Å². The van der Waals surface area contributed by atoms with E-state index in [1.165, 1.54) is 12.5 Å². The number of amides is 4. The van der Waals surface area contributed by atoms with Gasteiger partial charge in [0.2, 0.25) is 5.82 Å². The summed E-state index contributed by atoms with van der Waals surface area (Å²) in [6.45, 7) is 26.6. The number of carbonyl (C=O) groups is 4. The van der Waals surface area contributed by atoms with Gasteiger partial charge in [-0.05, 0) is 152 Å². The Morgan fingerprint density at radius 2 is 1.01 bits per heavy atom. The summed E-state index contributed by atoms with van der Waals surface area (Å²) in [5, 5.41) is 7.89.